The van der Waals surface area contributed by atoms with E-state index in [1.54, 1.807) is 32.9 Å². The van der Waals surface area contributed by atoms with Crippen LogP contribution in [0.1, 0.15) is 44.7 Å². The van der Waals surface area contributed by atoms with E-state index in [0.717, 1.165) is 11.8 Å². The Kier molecular flexibility index (Phi) is 8.61. The van der Waals surface area contributed by atoms with E-state index >= 15 is 0 Å². The SMILES string of the molecule is Cc1c(C(C)C)cc(F)c(F)c1-c1ccnc(OCC(C)(C)n2cc(S(N)(=O)=O)cn2)c1.O=C=O. The van der Waals surface area contributed by atoms with Crippen molar-refractivity contribution in [3.8, 4) is 17.0 Å². The highest BCUT2D eigenvalue weighted by molar-refractivity contribution is 7.89. The van der Waals surface area contributed by atoms with Gasteiger partial charge in [-0.1, -0.05) is 13.8 Å². The third-order valence-corrected chi connectivity index (χ3v) is 6.11. The quantitative estimate of drug-likeness (QED) is 0.516. The Labute approximate surface area is 202 Å². The molecule has 0 saturated carbocycles. The van der Waals surface area contributed by atoms with Gasteiger partial charge in [-0.15, -0.1) is 0 Å². The summed E-state index contributed by atoms with van der Waals surface area (Å²) in [5.41, 5.74) is 1.25. The van der Waals surface area contributed by atoms with Gasteiger partial charge < -0.3 is 4.74 Å². The van der Waals surface area contributed by atoms with Gasteiger partial charge in [0.1, 0.15) is 11.5 Å². The van der Waals surface area contributed by atoms with Crippen LogP contribution in [0.2, 0.25) is 0 Å². The fourth-order valence-corrected chi connectivity index (χ4v) is 3.87. The maximum atomic E-state index is 14.7. The molecule has 0 aliphatic carbocycles. The number of pyridine rings is 1. The van der Waals surface area contributed by atoms with Gasteiger partial charge in [-0.25, -0.2) is 27.3 Å². The molecule has 1 aromatic carbocycles. The number of nitrogens with zero attached hydrogens (tertiary/aromatic N) is 3. The summed E-state index contributed by atoms with van der Waals surface area (Å²) in [6, 6.07) is 4.38. The molecule has 0 aliphatic heterocycles. The van der Waals surface area contributed by atoms with E-state index in [2.05, 4.69) is 10.1 Å². The van der Waals surface area contributed by atoms with Crippen LogP contribution in [0.3, 0.4) is 0 Å². The minimum absolute atomic E-state index is 0.0264. The highest BCUT2D eigenvalue weighted by atomic mass is 32.2. The molecule has 0 spiro atoms. The van der Waals surface area contributed by atoms with Crippen molar-refractivity contribution >= 4 is 16.2 Å². The molecule has 0 aliphatic rings. The van der Waals surface area contributed by atoms with Crippen molar-refractivity contribution < 1.29 is 31.5 Å². The van der Waals surface area contributed by atoms with Crippen LogP contribution >= 0.6 is 0 Å². The number of hydrogen-bond acceptors (Lipinski definition) is 7. The Balaban J connectivity index is 0.00000137. The fourth-order valence-electron chi connectivity index (χ4n) is 3.42. The maximum Gasteiger partial charge on any atom is 0.373 e. The smallest absolute Gasteiger partial charge is 0.373 e. The summed E-state index contributed by atoms with van der Waals surface area (Å²) < 4.78 is 59.2. The number of benzene rings is 1. The molecule has 0 amide bonds. The molecule has 3 aromatic rings. The van der Waals surface area contributed by atoms with Crippen molar-refractivity contribution in [3.63, 3.8) is 0 Å². The summed E-state index contributed by atoms with van der Waals surface area (Å²) in [7, 11) is -3.87. The minimum Gasteiger partial charge on any atom is -0.475 e. The minimum atomic E-state index is -3.87. The first-order valence-electron chi connectivity index (χ1n) is 10.4. The predicted octanol–water partition coefficient (Wildman–Crippen LogP) is 3.53. The number of nitrogens with two attached hydrogens (primary N) is 1. The molecular formula is C23H26F2N4O5S. The van der Waals surface area contributed by atoms with Crippen molar-refractivity contribution in [1.82, 2.24) is 14.8 Å². The molecule has 2 N–H and O–H groups in total. The second kappa shape index (κ2) is 10.9. The molecule has 0 saturated heterocycles. The Hall–Kier alpha value is -3.47. The molecule has 0 bridgehead atoms. The van der Waals surface area contributed by atoms with Gasteiger partial charge in [-0.05, 0) is 55.5 Å². The van der Waals surface area contributed by atoms with Crippen LogP contribution in [0, 0.1) is 18.6 Å². The number of rotatable bonds is 7. The normalized spacial score (nSPS) is 11.6. The van der Waals surface area contributed by atoms with Crippen LogP contribution in [0.4, 0.5) is 8.78 Å². The number of carbonyl (C=O) groups excluding carboxylic acids is 2. The number of halogens is 2. The van der Waals surface area contributed by atoms with E-state index in [1.807, 2.05) is 13.8 Å². The lowest BCUT2D eigenvalue weighted by molar-refractivity contribution is -0.191. The van der Waals surface area contributed by atoms with Crippen molar-refractivity contribution in [2.45, 2.75) is 51.0 Å². The molecule has 2 aromatic heterocycles. The van der Waals surface area contributed by atoms with Crippen LogP contribution in [-0.4, -0.2) is 35.9 Å². The summed E-state index contributed by atoms with van der Waals surface area (Å²) in [6.07, 6.45) is 4.20. The van der Waals surface area contributed by atoms with Crippen molar-refractivity contribution in [2.24, 2.45) is 5.14 Å². The number of sulfonamides is 1. The van der Waals surface area contributed by atoms with Gasteiger partial charge in [0.15, 0.2) is 11.6 Å². The Morgan fingerprint density at radius 1 is 1.23 bits per heavy atom. The number of hydrogen-bond donors (Lipinski definition) is 1. The summed E-state index contributed by atoms with van der Waals surface area (Å²) in [4.78, 5) is 20.3. The average Bonchev–Trinajstić information content (AvgIpc) is 3.28. The zero-order valence-corrected chi connectivity index (χ0v) is 20.7. The third-order valence-electron chi connectivity index (χ3n) is 5.25. The molecule has 2 heterocycles. The van der Waals surface area contributed by atoms with Gasteiger partial charge in [0.05, 0.1) is 11.7 Å². The highest BCUT2D eigenvalue weighted by Crippen LogP contribution is 2.34. The molecule has 0 radical (unpaired) electrons. The summed E-state index contributed by atoms with van der Waals surface area (Å²) in [5.74, 6) is -1.59. The van der Waals surface area contributed by atoms with E-state index < -0.39 is 27.2 Å². The van der Waals surface area contributed by atoms with E-state index in [0.29, 0.717) is 11.1 Å². The van der Waals surface area contributed by atoms with Crippen molar-refractivity contribution in [2.75, 3.05) is 6.61 Å². The van der Waals surface area contributed by atoms with Gasteiger partial charge in [-0.3, -0.25) is 4.68 Å². The molecular weight excluding hydrogens is 482 g/mol. The van der Waals surface area contributed by atoms with Crippen LogP contribution in [-0.2, 0) is 25.2 Å². The molecule has 9 nitrogen and oxygen atoms in total. The first-order valence-corrected chi connectivity index (χ1v) is 11.9. The standard InChI is InChI=1S/C22H26F2N4O3S.CO2/c1-13(2)17-9-18(23)21(24)20(14(17)3)15-6-7-26-19(8-15)31-12-22(4,5)28-11-16(10-27-28)32(25,29)30;2-1-3/h6-11,13H,12H2,1-5H3,(H2,25,29,30);. The maximum absolute atomic E-state index is 14.7. The summed E-state index contributed by atoms with van der Waals surface area (Å²) in [5, 5.41) is 9.19. The average molecular weight is 509 g/mol. The lowest BCUT2D eigenvalue weighted by atomic mass is 9.90. The van der Waals surface area contributed by atoms with Gasteiger partial charge in [-0.2, -0.15) is 14.7 Å². The van der Waals surface area contributed by atoms with Crippen LogP contribution in [0.25, 0.3) is 11.1 Å². The first-order chi connectivity index (χ1) is 16.2. The predicted molar refractivity (Wildman–Crippen MR) is 122 cm³/mol. The van der Waals surface area contributed by atoms with E-state index in [1.165, 1.54) is 23.1 Å². The largest absolute Gasteiger partial charge is 0.475 e. The van der Waals surface area contributed by atoms with Crippen LogP contribution < -0.4 is 9.88 Å². The number of primary sulfonamides is 1. The lowest BCUT2D eigenvalue weighted by Gasteiger charge is -2.25. The Morgan fingerprint density at radius 2 is 1.86 bits per heavy atom. The molecule has 0 atom stereocenters. The van der Waals surface area contributed by atoms with Gasteiger partial charge in [0.2, 0.25) is 15.9 Å². The topological polar surface area (TPSA) is 134 Å². The third kappa shape index (κ3) is 6.56. The van der Waals surface area contributed by atoms with Crippen molar-refractivity contribution in [3.05, 3.63) is 59.6 Å². The zero-order valence-electron chi connectivity index (χ0n) is 19.9. The Bertz CT molecular complexity index is 1350. The summed E-state index contributed by atoms with van der Waals surface area (Å²) >= 11 is 0. The van der Waals surface area contributed by atoms with Gasteiger partial charge >= 0.3 is 6.15 Å². The number of aromatic nitrogens is 3. The molecule has 12 heteroatoms. The second-order valence-electron chi connectivity index (χ2n) is 8.65. The molecule has 3 rings (SSSR count). The first kappa shape index (κ1) is 27.8. The van der Waals surface area contributed by atoms with E-state index in [-0.39, 0.29) is 35.0 Å². The van der Waals surface area contributed by atoms with E-state index in [4.69, 9.17) is 19.5 Å². The lowest BCUT2D eigenvalue weighted by Crippen LogP contribution is -2.34. The highest BCUT2D eigenvalue weighted by Gasteiger charge is 2.25. The molecule has 188 valence electrons. The molecule has 0 unspecified atom stereocenters. The fraction of sp³-hybridized carbons (Fsp3) is 0.348. The molecule has 0 fully saturated rings. The monoisotopic (exact) mass is 508 g/mol. The number of ether oxygens (including phenoxy) is 1. The zero-order chi connectivity index (χ0) is 26.6. The summed E-state index contributed by atoms with van der Waals surface area (Å²) in [6.45, 7) is 9.27. The van der Waals surface area contributed by atoms with Crippen LogP contribution in [0.5, 0.6) is 5.88 Å². The van der Waals surface area contributed by atoms with E-state index in [9.17, 15) is 17.2 Å². The Morgan fingerprint density at radius 3 is 2.40 bits per heavy atom. The molecule has 35 heavy (non-hydrogen) atoms. The second-order valence-corrected chi connectivity index (χ2v) is 10.2. The van der Waals surface area contributed by atoms with Crippen molar-refractivity contribution in [1.29, 1.82) is 0 Å². The van der Waals surface area contributed by atoms with Gasteiger partial charge in [0.25, 0.3) is 0 Å². The van der Waals surface area contributed by atoms with Crippen LogP contribution in [0.15, 0.2) is 41.7 Å². The van der Waals surface area contributed by atoms with Gasteiger partial charge in [0, 0.05) is 24.0 Å².